The summed E-state index contributed by atoms with van der Waals surface area (Å²) in [5.74, 6) is -0.607. The van der Waals surface area contributed by atoms with E-state index in [0.717, 1.165) is 25.7 Å². The van der Waals surface area contributed by atoms with Crippen LogP contribution in [0.15, 0.2) is 0 Å². The highest BCUT2D eigenvalue weighted by Gasteiger charge is 2.29. The van der Waals surface area contributed by atoms with E-state index in [4.69, 9.17) is 9.47 Å². The van der Waals surface area contributed by atoms with Gasteiger partial charge in [0.05, 0.1) is 13.2 Å². The molecule has 2 aliphatic heterocycles. The molecular weight excluding hydrogens is 701 g/mol. The zero-order valence-electron chi connectivity index (χ0n) is 36.9. The SMILES string of the molecule is CCCCCCCCCCCCCCCCCCCCOC(=O)[C@@H]1CCC(=O)N1.CCCCCCCCCCCCCCCCCCOC(=O)[C@@H]1CCC(=O)N1. The maximum atomic E-state index is 11.7. The lowest BCUT2D eigenvalue weighted by Crippen LogP contribution is -2.34. The molecule has 0 aromatic rings. The van der Waals surface area contributed by atoms with Gasteiger partial charge in [0, 0.05) is 12.8 Å². The monoisotopic (exact) mass is 791 g/mol. The van der Waals surface area contributed by atoms with Crippen LogP contribution in [0.4, 0.5) is 0 Å². The first-order chi connectivity index (χ1) is 27.5. The molecule has 2 heterocycles. The Hall–Kier alpha value is -2.12. The summed E-state index contributed by atoms with van der Waals surface area (Å²) in [5.41, 5.74) is 0. The van der Waals surface area contributed by atoms with E-state index in [9.17, 15) is 19.2 Å². The first-order valence-electron chi connectivity index (χ1n) is 24.4. The summed E-state index contributed by atoms with van der Waals surface area (Å²) in [6.07, 6.45) is 47.8. The van der Waals surface area contributed by atoms with Gasteiger partial charge in [0.2, 0.25) is 11.8 Å². The molecule has 8 heteroatoms. The molecule has 0 spiro atoms. The number of carbonyl (C=O) groups excluding carboxylic acids is 4. The molecule has 2 N–H and O–H groups in total. The molecule has 56 heavy (non-hydrogen) atoms. The third kappa shape index (κ3) is 32.9. The highest BCUT2D eigenvalue weighted by molar-refractivity contribution is 5.88. The number of hydrogen-bond acceptors (Lipinski definition) is 6. The van der Waals surface area contributed by atoms with Crippen LogP contribution in [0.5, 0.6) is 0 Å². The Morgan fingerprint density at radius 1 is 0.393 bits per heavy atom. The molecule has 0 radical (unpaired) electrons. The van der Waals surface area contributed by atoms with Crippen molar-refractivity contribution < 1.29 is 28.7 Å². The van der Waals surface area contributed by atoms with Crippen molar-refractivity contribution in [2.45, 2.75) is 270 Å². The predicted octanol–water partition coefficient (Wildman–Crippen LogP) is 12.9. The molecule has 8 nitrogen and oxygen atoms in total. The maximum Gasteiger partial charge on any atom is 0.328 e. The van der Waals surface area contributed by atoms with Crippen molar-refractivity contribution in [3.05, 3.63) is 0 Å². The Bertz CT molecular complexity index is 943. The van der Waals surface area contributed by atoms with Crippen LogP contribution in [-0.2, 0) is 28.7 Å². The number of ether oxygens (including phenoxy) is 2. The van der Waals surface area contributed by atoms with Gasteiger partial charge < -0.3 is 20.1 Å². The van der Waals surface area contributed by atoms with Gasteiger partial charge >= 0.3 is 11.9 Å². The fourth-order valence-electron chi connectivity index (χ4n) is 7.78. The van der Waals surface area contributed by atoms with Crippen LogP contribution < -0.4 is 10.6 Å². The molecule has 0 bridgehead atoms. The molecule has 2 atom stereocenters. The van der Waals surface area contributed by atoms with E-state index in [2.05, 4.69) is 24.5 Å². The standard InChI is InChI=1S/C25H47NO3.C23H43NO3/c1-2-3-4-5-6-7-8-9-10-11-12-13-14-15-16-17-18-19-22-29-25(28)23-20-21-24(27)26-23;1-2-3-4-5-6-7-8-9-10-11-12-13-14-15-16-17-20-27-23(26)21-18-19-22(25)24-21/h23H,2-22H2,1H3,(H,26,27);21H,2-20H2,1H3,(H,24,25)/t23-;21-/m00/s1. The predicted molar refractivity (Wildman–Crippen MR) is 233 cm³/mol. The van der Waals surface area contributed by atoms with Crippen LogP contribution in [0.25, 0.3) is 0 Å². The minimum absolute atomic E-state index is 0.0416. The zero-order valence-corrected chi connectivity index (χ0v) is 36.9. The van der Waals surface area contributed by atoms with Gasteiger partial charge in [-0.25, -0.2) is 9.59 Å². The van der Waals surface area contributed by atoms with E-state index in [0.29, 0.717) is 38.9 Å². The summed E-state index contributed by atoms with van der Waals surface area (Å²) in [6.45, 7) is 5.54. The Morgan fingerprint density at radius 3 is 0.804 bits per heavy atom. The Morgan fingerprint density at radius 2 is 0.607 bits per heavy atom. The number of esters is 2. The number of hydrogen-bond donors (Lipinski definition) is 2. The largest absolute Gasteiger partial charge is 0.464 e. The third-order valence-electron chi connectivity index (χ3n) is 11.5. The summed E-state index contributed by atoms with van der Waals surface area (Å²) in [6, 6.07) is -0.809. The minimum atomic E-state index is -0.405. The van der Waals surface area contributed by atoms with Crippen molar-refractivity contribution in [3.63, 3.8) is 0 Å². The number of unbranched alkanes of at least 4 members (excludes halogenated alkanes) is 32. The van der Waals surface area contributed by atoms with Crippen LogP contribution in [0.3, 0.4) is 0 Å². The molecule has 2 rings (SSSR count). The first kappa shape index (κ1) is 51.9. The molecule has 2 saturated heterocycles. The van der Waals surface area contributed by atoms with Gasteiger partial charge in [0.25, 0.3) is 0 Å². The maximum absolute atomic E-state index is 11.7. The first-order valence-corrected chi connectivity index (χ1v) is 24.4. The average Bonchev–Trinajstić information content (AvgIpc) is 3.85. The lowest BCUT2D eigenvalue weighted by Gasteiger charge is -2.09. The van der Waals surface area contributed by atoms with Crippen LogP contribution in [0.2, 0.25) is 0 Å². The molecule has 2 amide bonds. The van der Waals surface area contributed by atoms with E-state index in [1.54, 1.807) is 0 Å². The fraction of sp³-hybridized carbons (Fsp3) is 0.917. The summed E-state index contributed by atoms with van der Waals surface area (Å²) >= 11 is 0. The van der Waals surface area contributed by atoms with Crippen molar-refractivity contribution in [2.24, 2.45) is 0 Å². The van der Waals surface area contributed by atoms with Gasteiger partial charge in [-0.3, -0.25) is 9.59 Å². The number of nitrogens with one attached hydrogen (secondary N) is 2. The van der Waals surface area contributed by atoms with E-state index in [1.165, 1.54) is 193 Å². The van der Waals surface area contributed by atoms with Crippen molar-refractivity contribution in [1.82, 2.24) is 10.6 Å². The fourth-order valence-corrected chi connectivity index (χ4v) is 7.78. The second kappa shape index (κ2) is 39.7. The molecule has 0 aliphatic carbocycles. The second-order valence-corrected chi connectivity index (χ2v) is 17.0. The lowest BCUT2D eigenvalue weighted by atomic mass is 10.0. The van der Waals surface area contributed by atoms with Crippen molar-refractivity contribution in [3.8, 4) is 0 Å². The van der Waals surface area contributed by atoms with Crippen molar-refractivity contribution >= 4 is 23.8 Å². The zero-order chi connectivity index (χ0) is 40.6. The molecule has 0 aromatic heterocycles. The highest BCUT2D eigenvalue weighted by atomic mass is 16.5. The van der Waals surface area contributed by atoms with Crippen LogP contribution in [0, 0.1) is 0 Å². The number of carbonyl (C=O) groups is 4. The summed E-state index contributed by atoms with van der Waals surface area (Å²) in [4.78, 5) is 45.6. The summed E-state index contributed by atoms with van der Waals surface area (Å²) in [7, 11) is 0. The highest BCUT2D eigenvalue weighted by Crippen LogP contribution is 2.16. The van der Waals surface area contributed by atoms with Gasteiger partial charge in [-0.15, -0.1) is 0 Å². The van der Waals surface area contributed by atoms with Crippen molar-refractivity contribution in [1.29, 1.82) is 0 Å². The van der Waals surface area contributed by atoms with Crippen LogP contribution in [-0.4, -0.2) is 49.1 Å². The quantitative estimate of drug-likeness (QED) is 0.0476. The molecular formula is C48H90N2O6. The molecule has 0 saturated carbocycles. The van der Waals surface area contributed by atoms with Crippen molar-refractivity contribution in [2.75, 3.05) is 13.2 Å². The molecule has 328 valence electrons. The smallest absolute Gasteiger partial charge is 0.328 e. The number of amides is 2. The average molecular weight is 791 g/mol. The molecule has 0 aromatic carbocycles. The normalized spacial score (nSPS) is 16.3. The van der Waals surface area contributed by atoms with Crippen LogP contribution >= 0.6 is 0 Å². The topological polar surface area (TPSA) is 111 Å². The molecule has 2 fully saturated rings. The van der Waals surface area contributed by atoms with E-state index in [1.807, 2.05) is 0 Å². The second-order valence-electron chi connectivity index (χ2n) is 17.0. The Kier molecular flexibility index (Phi) is 36.8. The van der Waals surface area contributed by atoms with Gasteiger partial charge in [-0.05, 0) is 25.7 Å². The van der Waals surface area contributed by atoms with E-state index in [-0.39, 0.29) is 23.8 Å². The third-order valence-corrected chi connectivity index (χ3v) is 11.5. The van der Waals surface area contributed by atoms with Gasteiger partial charge in [-0.1, -0.05) is 219 Å². The minimum Gasteiger partial charge on any atom is -0.464 e. The summed E-state index contributed by atoms with van der Waals surface area (Å²) < 4.78 is 10.5. The van der Waals surface area contributed by atoms with E-state index < -0.39 is 12.1 Å². The van der Waals surface area contributed by atoms with Gasteiger partial charge in [0.1, 0.15) is 12.1 Å². The summed E-state index contributed by atoms with van der Waals surface area (Å²) in [5, 5.41) is 5.30. The molecule has 0 unspecified atom stereocenters. The lowest BCUT2D eigenvalue weighted by molar-refractivity contribution is -0.147. The van der Waals surface area contributed by atoms with Gasteiger partial charge in [0.15, 0.2) is 0 Å². The van der Waals surface area contributed by atoms with E-state index >= 15 is 0 Å². The number of rotatable bonds is 38. The molecule has 2 aliphatic rings. The Balaban J connectivity index is 0.000000561. The van der Waals surface area contributed by atoms with Crippen LogP contribution in [0.1, 0.15) is 258 Å². The van der Waals surface area contributed by atoms with Gasteiger partial charge in [-0.2, -0.15) is 0 Å². The Labute approximate surface area is 345 Å².